The molecule has 1 aromatic heterocycles. The lowest BCUT2D eigenvalue weighted by molar-refractivity contribution is 0.318. The van der Waals surface area contributed by atoms with Crippen LogP contribution in [0.5, 0.6) is 5.75 Å². The van der Waals surface area contributed by atoms with Crippen molar-refractivity contribution in [1.29, 1.82) is 0 Å². The Bertz CT molecular complexity index is 564. The van der Waals surface area contributed by atoms with Gasteiger partial charge in [0.15, 0.2) is 0 Å². The van der Waals surface area contributed by atoms with Crippen LogP contribution < -0.4 is 10.5 Å². The van der Waals surface area contributed by atoms with Crippen molar-refractivity contribution >= 4 is 5.84 Å². The van der Waals surface area contributed by atoms with Gasteiger partial charge in [0, 0.05) is 0 Å². The van der Waals surface area contributed by atoms with Gasteiger partial charge in [-0.1, -0.05) is 17.3 Å². The first kappa shape index (κ1) is 11.9. The van der Waals surface area contributed by atoms with Crippen molar-refractivity contribution in [1.82, 2.24) is 14.8 Å². The molecule has 2 aromatic rings. The lowest BCUT2D eigenvalue weighted by atomic mass is 10.2. The van der Waals surface area contributed by atoms with Gasteiger partial charge in [-0.3, -0.25) is 0 Å². The summed E-state index contributed by atoms with van der Waals surface area (Å²) < 4.78 is 6.74. The summed E-state index contributed by atoms with van der Waals surface area (Å²) in [4.78, 5) is 3.93. The van der Waals surface area contributed by atoms with E-state index in [0.29, 0.717) is 6.54 Å². The number of rotatable bonds is 4. The fraction of sp³-hybridized carbons (Fsp3) is 0.182. The molecule has 0 aliphatic rings. The Labute approximate surface area is 104 Å². The quantitative estimate of drug-likeness (QED) is 0.353. The minimum absolute atomic E-state index is 0.112. The third-order valence-electron chi connectivity index (χ3n) is 2.35. The van der Waals surface area contributed by atoms with Crippen molar-refractivity contribution in [2.24, 2.45) is 10.9 Å². The predicted octanol–water partition coefficient (Wildman–Crippen LogP) is 0.429. The van der Waals surface area contributed by atoms with Crippen LogP contribution in [0.15, 0.2) is 35.7 Å². The number of benzene rings is 1. The molecule has 0 saturated carbocycles. The first-order valence-corrected chi connectivity index (χ1v) is 5.23. The van der Waals surface area contributed by atoms with Crippen molar-refractivity contribution in [3.05, 3.63) is 42.0 Å². The van der Waals surface area contributed by atoms with Crippen LogP contribution in [0.2, 0.25) is 0 Å². The van der Waals surface area contributed by atoms with Crippen LogP contribution in [0.1, 0.15) is 11.4 Å². The minimum Gasteiger partial charge on any atom is -0.497 e. The van der Waals surface area contributed by atoms with Gasteiger partial charge in [0.25, 0.3) is 0 Å². The first-order valence-electron chi connectivity index (χ1n) is 5.23. The zero-order valence-electron chi connectivity index (χ0n) is 9.82. The summed E-state index contributed by atoms with van der Waals surface area (Å²) >= 11 is 0. The van der Waals surface area contributed by atoms with Crippen molar-refractivity contribution in [2.75, 3.05) is 7.11 Å². The molecule has 1 aromatic carbocycles. The molecule has 0 unspecified atom stereocenters. The van der Waals surface area contributed by atoms with E-state index in [9.17, 15) is 0 Å². The molecular formula is C11H13N5O2. The van der Waals surface area contributed by atoms with Crippen LogP contribution in [-0.2, 0) is 6.54 Å². The zero-order chi connectivity index (χ0) is 13.0. The average molecular weight is 247 g/mol. The van der Waals surface area contributed by atoms with Crippen LogP contribution in [0, 0.1) is 0 Å². The molecule has 0 bridgehead atoms. The molecule has 0 spiro atoms. The van der Waals surface area contributed by atoms with Crippen molar-refractivity contribution in [2.45, 2.75) is 6.54 Å². The van der Waals surface area contributed by atoms with Gasteiger partial charge >= 0.3 is 0 Å². The third-order valence-corrected chi connectivity index (χ3v) is 2.35. The SMILES string of the molecule is COc1cccc(Cn2cnc(C(N)=NO)n2)c1. The Morgan fingerprint density at radius 2 is 2.39 bits per heavy atom. The molecule has 0 radical (unpaired) electrons. The fourth-order valence-electron chi connectivity index (χ4n) is 1.49. The Kier molecular flexibility index (Phi) is 3.42. The largest absolute Gasteiger partial charge is 0.497 e. The van der Waals surface area contributed by atoms with Crippen LogP contribution in [0.4, 0.5) is 0 Å². The minimum atomic E-state index is -0.112. The average Bonchev–Trinajstić information content (AvgIpc) is 2.86. The summed E-state index contributed by atoms with van der Waals surface area (Å²) in [5.74, 6) is 0.865. The molecule has 7 heteroatoms. The van der Waals surface area contributed by atoms with E-state index in [1.165, 1.54) is 6.33 Å². The van der Waals surface area contributed by atoms with Crippen LogP contribution in [0.25, 0.3) is 0 Å². The van der Waals surface area contributed by atoms with Gasteiger partial charge in [-0.25, -0.2) is 9.67 Å². The molecule has 0 amide bonds. The summed E-state index contributed by atoms with van der Waals surface area (Å²) in [6.07, 6.45) is 1.52. The summed E-state index contributed by atoms with van der Waals surface area (Å²) in [6, 6.07) is 7.63. The lowest BCUT2D eigenvalue weighted by Crippen LogP contribution is -2.15. The molecule has 0 aliphatic carbocycles. The molecule has 7 nitrogen and oxygen atoms in total. The maximum absolute atomic E-state index is 8.51. The van der Waals surface area contributed by atoms with Crippen LogP contribution in [-0.4, -0.2) is 32.9 Å². The number of methoxy groups -OCH3 is 1. The second-order valence-electron chi connectivity index (χ2n) is 3.60. The number of ether oxygens (including phenoxy) is 1. The van der Waals surface area contributed by atoms with E-state index >= 15 is 0 Å². The molecule has 0 saturated heterocycles. The molecule has 0 fully saturated rings. The molecule has 2 rings (SSSR count). The third kappa shape index (κ3) is 2.57. The van der Waals surface area contributed by atoms with E-state index in [1.807, 2.05) is 24.3 Å². The number of aromatic nitrogens is 3. The highest BCUT2D eigenvalue weighted by Crippen LogP contribution is 2.13. The molecular weight excluding hydrogens is 234 g/mol. The Balaban J connectivity index is 2.16. The summed E-state index contributed by atoms with van der Waals surface area (Å²) in [6.45, 7) is 0.531. The maximum atomic E-state index is 8.51. The maximum Gasteiger partial charge on any atom is 0.219 e. The molecule has 0 atom stereocenters. The lowest BCUT2D eigenvalue weighted by Gasteiger charge is -2.03. The van der Waals surface area contributed by atoms with Gasteiger partial charge in [0.05, 0.1) is 13.7 Å². The highest BCUT2D eigenvalue weighted by atomic mass is 16.5. The summed E-state index contributed by atoms with van der Waals surface area (Å²) in [5.41, 5.74) is 6.41. The normalized spacial score (nSPS) is 11.5. The highest BCUT2D eigenvalue weighted by molar-refractivity contribution is 5.93. The molecule has 94 valence electrons. The Morgan fingerprint density at radius 1 is 1.56 bits per heavy atom. The standard InChI is InChI=1S/C11H13N5O2/c1-18-9-4-2-3-8(5-9)6-16-7-13-11(14-16)10(12)15-17/h2-5,7,17H,6H2,1H3,(H2,12,15). The summed E-state index contributed by atoms with van der Waals surface area (Å²) in [5, 5.41) is 15.4. The van der Waals surface area contributed by atoms with E-state index in [0.717, 1.165) is 11.3 Å². The van der Waals surface area contributed by atoms with E-state index in [2.05, 4.69) is 15.2 Å². The highest BCUT2D eigenvalue weighted by Gasteiger charge is 2.06. The molecule has 3 N–H and O–H groups in total. The smallest absolute Gasteiger partial charge is 0.219 e. The monoisotopic (exact) mass is 247 g/mol. The molecule has 0 aliphatic heterocycles. The van der Waals surface area contributed by atoms with Crippen LogP contribution in [0.3, 0.4) is 0 Å². The van der Waals surface area contributed by atoms with Crippen molar-refractivity contribution < 1.29 is 9.94 Å². The van der Waals surface area contributed by atoms with Gasteiger partial charge in [-0.15, -0.1) is 5.10 Å². The second kappa shape index (κ2) is 5.17. The van der Waals surface area contributed by atoms with E-state index < -0.39 is 0 Å². The topological polar surface area (TPSA) is 98.6 Å². The summed E-state index contributed by atoms with van der Waals surface area (Å²) in [7, 11) is 1.62. The number of amidine groups is 1. The van der Waals surface area contributed by atoms with E-state index in [1.54, 1.807) is 11.8 Å². The van der Waals surface area contributed by atoms with Gasteiger partial charge < -0.3 is 15.7 Å². The van der Waals surface area contributed by atoms with Gasteiger partial charge in [-0.2, -0.15) is 0 Å². The first-order chi connectivity index (χ1) is 8.72. The fourth-order valence-corrected chi connectivity index (χ4v) is 1.49. The van der Waals surface area contributed by atoms with E-state index in [-0.39, 0.29) is 11.7 Å². The number of oxime groups is 1. The zero-order valence-corrected chi connectivity index (χ0v) is 9.82. The number of nitrogens with zero attached hydrogens (tertiary/aromatic N) is 4. The predicted molar refractivity (Wildman–Crippen MR) is 64.6 cm³/mol. The second-order valence-corrected chi connectivity index (χ2v) is 3.60. The Hall–Kier alpha value is -2.57. The number of hydrogen-bond donors (Lipinski definition) is 2. The van der Waals surface area contributed by atoms with Crippen molar-refractivity contribution in [3.63, 3.8) is 0 Å². The molecule has 18 heavy (non-hydrogen) atoms. The Morgan fingerprint density at radius 3 is 3.11 bits per heavy atom. The number of nitrogens with two attached hydrogens (primary N) is 1. The number of hydrogen-bond acceptors (Lipinski definition) is 5. The van der Waals surface area contributed by atoms with Gasteiger partial charge in [0.1, 0.15) is 12.1 Å². The van der Waals surface area contributed by atoms with Gasteiger partial charge in [0.2, 0.25) is 11.7 Å². The molecule has 1 heterocycles. The van der Waals surface area contributed by atoms with Crippen molar-refractivity contribution in [3.8, 4) is 5.75 Å². The van der Waals surface area contributed by atoms with Crippen LogP contribution >= 0.6 is 0 Å². The van der Waals surface area contributed by atoms with Gasteiger partial charge in [-0.05, 0) is 17.7 Å². The van der Waals surface area contributed by atoms with E-state index in [4.69, 9.17) is 15.7 Å².